The van der Waals surface area contributed by atoms with E-state index in [1.54, 1.807) is 29.2 Å². The molecule has 4 rings (SSSR count). The molecule has 0 bridgehead atoms. The van der Waals surface area contributed by atoms with Crippen LogP contribution in [0.25, 0.3) is 0 Å². The van der Waals surface area contributed by atoms with Gasteiger partial charge in [0.05, 0.1) is 11.4 Å². The number of hydrogen-bond donors (Lipinski definition) is 0. The molecule has 9 heteroatoms. The fourth-order valence-electron chi connectivity index (χ4n) is 4.02. The van der Waals surface area contributed by atoms with Crippen LogP contribution in [0.4, 0.5) is 0 Å². The van der Waals surface area contributed by atoms with E-state index in [1.807, 2.05) is 18.2 Å². The third kappa shape index (κ3) is 6.84. The van der Waals surface area contributed by atoms with E-state index in [4.69, 9.17) is 23.2 Å². The summed E-state index contributed by atoms with van der Waals surface area (Å²) in [5.41, 5.74) is 1.97. The summed E-state index contributed by atoms with van der Waals surface area (Å²) in [6.07, 6.45) is 0. The third-order valence-corrected chi connectivity index (χ3v) is 8.32. The van der Waals surface area contributed by atoms with E-state index in [9.17, 15) is 13.2 Å². The van der Waals surface area contributed by atoms with Gasteiger partial charge >= 0.3 is 0 Å². The molecule has 1 amide bonds. The first-order valence-corrected chi connectivity index (χ1v) is 13.5. The Hall–Kier alpha value is -2.42. The molecule has 1 saturated heterocycles. The van der Waals surface area contributed by atoms with Gasteiger partial charge in [0.15, 0.2) is 0 Å². The third-order valence-electron chi connectivity index (χ3n) is 6.01. The van der Waals surface area contributed by atoms with E-state index in [1.165, 1.54) is 34.1 Å². The fourth-order valence-corrected chi connectivity index (χ4v) is 5.65. The molecule has 0 radical (unpaired) electrons. The summed E-state index contributed by atoms with van der Waals surface area (Å²) in [5, 5.41) is 1.00. The molecule has 0 atom stereocenters. The highest BCUT2D eigenvalue weighted by Crippen LogP contribution is 2.22. The van der Waals surface area contributed by atoms with Gasteiger partial charge in [-0.1, -0.05) is 65.7 Å². The molecule has 184 valence electrons. The quantitative estimate of drug-likeness (QED) is 0.428. The van der Waals surface area contributed by atoms with E-state index < -0.39 is 10.0 Å². The van der Waals surface area contributed by atoms with Crippen LogP contribution in [0.2, 0.25) is 10.0 Å². The molecule has 6 nitrogen and oxygen atoms in total. The number of carbonyl (C=O) groups excluding carboxylic acids is 1. The Kier molecular flexibility index (Phi) is 8.46. The van der Waals surface area contributed by atoms with Crippen LogP contribution in [0, 0.1) is 0 Å². The van der Waals surface area contributed by atoms with Crippen molar-refractivity contribution in [1.29, 1.82) is 0 Å². The minimum absolute atomic E-state index is 0.0574. The van der Waals surface area contributed by atoms with E-state index >= 15 is 0 Å². The zero-order valence-corrected chi connectivity index (χ0v) is 21.5. The maximum Gasteiger partial charge on any atom is 0.243 e. The Morgan fingerprint density at radius 1 is 0.771 bits per heavy atom. The number of nitrogens with zero attached hydrogens (tertiary/aromatic N) is 3. The number of carbonyl (C=O) groups is 1. The first kappa shape index (κ1) is 25.7. The molecule has 1 heterocycles. The van der Waals surface area contributed by atoms with Crippen molar-refractivity contribution in [1.82, 2.24) is 14.1 Å². The van der Waals surface area contributed by atoms with Crippen LogP contribution in [0.15, 0.2) is 83.8 Å². The minimum atomic E-state index is -3.93. The van der Waals surface area contributed by atoms with E-state index in [2.05, 4.69) is 17.0 Å². The van der Waals surface area contributed by atoms with Gasteiger partial charge in [-0.25, -0.2) is 8.42 Å². The molecule has 0 aromatic heterocycles. The molecular formula is C26H27Cl2N3O3S. The first-order valence-electron chi connectivity index (χ1n) is 11.4. The Morgan fingerprint density at radius 2 is 1.34 bits per heavy atom. The highest BCUT2D eigenvalue weighted by atomic mass is 35.5. The van der Waals surface area contributed by atoms with Gasteiger partial charge < -0.3 is 4.90 Å². The van der Waals surface area contributed by atoms with Crippen molar-refractivity contribution in [2.45, 2.75) is 18.0 Å². The second kappa shape index (κ2) is 11.5. The molecule has 0 aliphatic carbocycles. The lowest BCUT2D eigenvalue weighted by Gasteiger charge is -2.35. The highest BCUT2D eigenvalue weighted by molar-refractivity contribution is 7.89. The fraction of sp³-hybridized carbons (Fsp3) is 0.269. The molecule has 1 aliphatic rings. The summed E-state index contributed by atoms with van der Waals surface area (Å²) in [6.45, 7) is 3.23. The second-order valence-corrected chi connectivity index (χ2v) is 11.3. The summed E-state index contributed by atoms with van der Waals surface area (Å²) < 4.78 is 28.2. The van der Waals surface area contributed by atoms with Crippen LogP contribution in [0.3, 0.4) is 0 Å². The number of amides is 1. The van der Waals surface area contributed by atoms with Gasteiger partial charge in [-0.05, 0) is 47.5 Å². The van der Waals surface area contributed by atoms with Crippen molar-refractivity contribution < 1.29 is 13.2 Å². The summed E-state index contributed by atoms with van der Waals surface area (Å²) in [7, 11) is -3.93. The van der Waals surface area contributed by atoms with Gasteiger partial charge in [0.2, 0.25) is 15.9 Å². The van der Waals surface area contributed by atoms with Crippen molar-refractivity contribution in [2.75, 3.05) is 32.7 Å². The maximum absolute atomic E-state index is 13.5. The normalized spacial score (nSPS) is 14.9. The van der Waals surface area contributed by atoms with E-state index in [0.717, 1.165) is 25.2 Å². The topological polar surface area (TPSA) is 60.9 Å². The van der Waals surface area contributed by atoms with Crippen LogP contribution in [-0.4, -0.2) is 61.2 Å². The largest absolute Gasteiger partial charge is 0.339 e. The van der Waals surface area contributed by atoms with Gasteiger partial charge in [0.25, 0.3) is 0 Å². The number of piperazine rings is 1. The van der Waals surface area contributed by atoms with Crippen LogP contribution >= 0.6 is 23.2 Å². The Labute approximate surface area is 216 Å². The minimum Gasteiger partial charge on any atom is -0.339 e. The monoisotopic (exact) mass is 531 g/mol. The zero-order chi connectivity index (χ0) is 24.8. The molecule has 0 saturated carbocycles. The van der Waals surface area contributed by atoms with Crippen molar-refractivity contribution in [3.63, 3.8) is 0 Å². The van der Waals surface area contributed by atoms with Gasteiger partial charge in [0, 0.05) is 49.3 Å². The Balaban J connectivity index is 1.46. The number of halogens is 2. The smallest absolute Gasteiger partial charge is 0.243 e. The average Bonchev–Trinajstić information content (AvgIpc) is 2.86. The lowest BCUT2D eigenvalue weighted by Crippen LogP contribution is -2.51. The number of sulfonamides is 1. The number of hydrogen-bond acceptors (Lipinski definition) is 4. The zero-order valence-electron chi connectivity index (χ0n) is 19.2. The SMILES string of the molecule is O=C(CN(Cc1ccc(Cl)cc1)S(=O)(=O)c1ccc(Cl)cc1)N1CCN(Cc2ccccc2)CC1. The maximum atomic E-state index is 13.5. The predicted octanol–water partition coefficient (Wildman–Crippen LogP) is 4.53. The van der Waals surface area contributed by atoms with Gasteiger partial charge in [-0.15, -0.1) is 0 Å². The van der Waals surface area contributed by atoms with Crippen LogP contribution in [0.5, 0.6) is 0 Å². The van der Waals surface area contributed by atoms with Crippen molar-refractivity contribution in [3.05, 3.63) is 100 Å². The number of rotatable bonds is 8. The molecule has 1 fully saturated rings. The second-order valence-electron chi connectivity index (χ2n) is 8.50. The molecule has 3 aromatic rings. The van der Waals surface area contributed by atoms with Gasteiger partial charge in [0.1, 0.15) is 0 Å². The molecule has 1 aliphatic heterocycles. The Morgan fingerprint density at radius 3 is 1.94 bits per heavy atom. The van der Waals surface area contributed by atoms with Crippen LogP contribution in [-0.2, 0) is 27.9 Å². The summed E-state index contributed by atoms with van der Waals surface area (Å²) in [6, 6.07) is 23.1. The van der Waals surface area contributed by atoms with Crippen LogP contribution < -0.4 is 0 Å². The van der Waals surface area contributed by atoms with E-state index in [-0.39, 0.29) is 23.9 Å². The molecule has 0 N–H and O–H groups in total. The van der Waals surface area contributed by atoms with E-state index in [0.29, 0.717) is 23.1 Å². The standard InChI is InChI=1S/C26H27Cl2N3O3S/c27-23-8-6-22(7-9-23)19-31(35(33,34)25-12-10-24(28)11-13-25)20-26(32)30-16-14-29(15-17-30)18-21-4-2-1-3-5-21/h1-13H,14-20H2. The lowest BCUT2D eigenvalue weighted by molar-refractivity contribution is -0.133. The Bertz CT molecular complexity index is 1230. The summed E-state index contributed by atoms with van der Waals surface area (Å²) >= 11 is 11.9. The molecule has 0 unspecified atom stereocenters. The van der Waals surface area contributed by atoms with Gasteiger partial charge in [-0.3, -0.25) is 9.69 Å². The lowest BCUT2D eigenvalue weighted by atomic mass is 10.2. The van der Waals surface area contributed by atoms with Gasteiger partial charge in [-0.2, -0.15) is 4.31 Å². The van der Waals surface area contributed by atoms with Crippen molar-refractivity contribution >= 4 is 39.1 Å². The molecule has 3 aromatic carbocycles. The summed E-state index contributed by atoms with van der Waals surface area (Å²) in [4.78, 5) is 17.3. The van der Waals surface area contributed by atoms with Crippen molar-refractivity contribution in [2.24, 2.45) is 0 Å². The molecule has 35 heavy (non-hydrogen) atoms. The average molecular weight is 532 g/mol. The molecule has 0 spiro atoms. The predicted molar refractivity (Wildman–Crippen MR) is 139 cm³/mol. The summed E-state index contributed by atoms with van der Waals surface area (Å²) in [5.74, 6) is -0.212. The number of benzene rings is 3. The van der Waals surface area contributed by atoms with Crippen molar-refractivity contribution in [3.8, 4) is 0 Å². The molecular weight excluding hydrogens is 505 g/mol. The van der Waals surface area contributed by atoms with Crippen LogP contribution in [0.1, 0.15) is 11.1 Å². The first-order chi connectivity index (χ1) is 16.8. The highest BCUT2D eigenvalue weighted by Gasteiger charge is 2.30.